The fourth-order valence-electron chi connectivity index (χ4n) is 2.06. The second-order valence-electron chi connectivity index (χ2n) is 5.64. The van der Waals surface area contributed by atoms with E-state index in [4.69, 9.17) is 9.26 Å². The Hall–Kier alpha value is -1.89. The molecule has 0 unspecified atom stereocenters. The van der Waals surface area contributed by atoms with Gasteiger partial charge in [-0.3, -0.25) is 0 Å². The van der Waals surface area contributed by atoms with Crippen LogP contribution in [0.1, 0.15) is 56.1 Å². The summed E-state index contributed by atoms with van der Waals surface area (Å²) in [7, 11) is -3.50. The van der Waals surface area contributed by atoms with Gasteiger partial charge in [0, 0.05) is 11.5 Å². The normalized spacial score (nSPS) is 13.3. The molecule has 1 heterocycles. The standard InChI is InChI=1S/C16H22N2O4S/c1-5-21-14-9-7-6-8-13(14)10-23(19,20)12(4)16-17-15(11(2)3)18-22-16/h6-9,11-12H,5,10H2,1-4H3/t12-/m0/s1. The van der Waals surface area contributed by atoms with E-state index in [2.05, 4.69) is 10.1 Å². The average Bonchev–Trinajstić information content (AvgIpc) is 2.98. The van der Waals surface area contributed by atoms with Crippen LogP contribution in [0, 0.1) is 0 Å². The molecule has 7 heteroatoms. The van der Waals surface area contributed by atoms with Crippen LogP contribution in [0.5, 0.6) is 5.75 Å². The molecule has 0 fully saturated rings. The molecule has 2 aromatic rings. The van der Waals surface area contributed by atoms with Crippen molar-refractivity contribution in [1.82, 2.24) is 10.1 Å². The fraction of sp³-hybridized carbons (Fsp3) is 0.500. The molecule has 1 aromatic carbocycles. The Kier molecular flexibility index (Phi) is 5.41. The number of sulfone groups is 1. The zero-order valence-electron chi connectivity index (χ0n) is 13.8. The van der Waals surface area contributed by atoms with E-state index < -0.39 is 15.1 Å². The Morgan fingerprint density at radius 3 is 2.52 bits per heavy atom. The van der Waals surface area contributed by atoms with E-state index in [0.29, 0.717) is 23.7 Å². The molecule has 2 rings (SSSR count). The monoisotopic (exact) mass is 338 g/mol. The Bertz CT molecular complexity index is 753. The van der Waals surface area contributed by atoms with Crippen molar-refractivity contribution >= 4 is 9.84 Å². The number of hydrogen-bond donors (Lipinski definition) is 0. The van der Waals surface area contributed by atoms with Gasteiger partial charge in [-0.05, 0) is 19.9 Å². The smallest absolute Gasteiger partial charge is 0.244 e. The molecule has 0 bridgehead atoms. The summed E-state index contributed by atoms with van der Waals surface area (Å²) in [4.78, 5) is 4.19. The van der Waals surface area contributed by atoms with Crippen molar-refractivity contribution in [3.8, 4) is 5.75 Å². The van der Waals surface area contributed by atoms with Gasteiger partial charge in [0.15, 0.2) is 15.7 Å². The number of benzene rings is 1. The van der Waals surface area contributed by atoms with Crippen LogP contribution in [0.4, 0.5) is 0 Å². The van der Waals surface area contributed by atoms with Crippen LogP contribution in [-0.2, 0) is 15.6 Å². The fourth-order valence-corrected chi connectivity index (χ4v) is 3.39. The molecular weight excluding hydrogens is 316 g/mol. The van der Waals surface area contributed by atoms with Crippen LogP contribution in [0.15, 0.2) is 28.8 Å². The third kappa shape index (κ3) is 4.10. The van der Waals surface area contributed by atoms with Gasteiger partial charge in [0.05, 0.1) is 12.4 Å². The maximum atomic E-state index is 12.7. The summed E-state index contributed by atoms with van der Waals surface area (Å²) >= 11 is 0. The van der Waals surface area contributed by atoms with Crippen molar-refractivity contribution in [1.29, 1.82) is 0 Å². The Morgan fingerprint density at radius 1 is 1.22 bits per heavy atom. The van der Waals surface area contributed by atoms with Crippen LogP contribution in [0.2, 0.25) is 0 Å². The number of nitrogens with zero attached hydrogens (tertiary/aromatic N) is 2. The molecule has 0 N–H and O–H groups in total. The van der Waals surface area contributed by atoms with Crippen LogP contribution < -0.4 is 4.74 Å². The number of para-hydroxylation sites is 1. The van der Waals surface area contributed by atoms with Crippen molar-refractivity contribution in [2.75, 3.05) is 6.61 Å². The summed E-state index contributed by atoms with van der Waals surface area (Å²) in [5, 5.41) is 2.97. The van der Waals surface area contributed by atoms with E-state index in [0.717, 1.165) is 0 Å². The Morgan fingerprint density at radius 2 is 1.91 bits per heavy atom. The summed E-state index contributed by atoms with van der Waals surface area (Å²) in [6.07, 6.45) is 0. The molecule has 0 aliphatic rings. The molecule has 23 heavy (non-hydrogen) atoms. The topological polar surface area (TPSA) is 82.3 Å². The highest BCUT2D eigenvalue weighted by molar-refractivity contribution is 7.90. The first-order valence-corrected chi connectivity index (χ1v) is 9.32. The maximum absolute atomic E-state index is 12.7. The molecule has 126 valence electrons. The first-order chi connectivity index (χ1) is 10.8. The van der Waals surface area contributed by atoms with Gasteiger partial charge < -0.3 is 9.26 Å². The highest BCUT2D eigenvalue weighted by Gasteiger charge is 2.29. The predicted octanol–water partition coefficient (Wildman–Crippen LogP) is 3.27. The third-order valence-electron chi connectivity index (χ3n) is 3.49. The van der Waals surface area contributed by atoms with E-state index in [-0.39, 0.29) is 17.6 Å². The molecule has 0 saturated carbocycles. The lowest BCUT2D eigenvalue weighted by Gasteiger charge is -2.12. The Balaban J connectivity index is 2.24. The molecule has 0 radical (unpaired) electrons. The quantitative estimate of drug-likeness (QED) is 0.770. The minimum absolute atomic E-state index is 0.0843. The molecule has 0 aliphatic carbocycles. The second kappa shape index (κ2) is 7.12. The van der Waals surface area contributed by atoms with Crippen molar-refractivity contribution in [3.05, 3.63) is 41.5 Å². The van der Waals surface area contributed by atoms with Gasteiger partial charge in [-0.2, -0.15) is 4.98 Å². The molecule has 0 spiro atoms. The summed E-state index contributed by atoms with van der Waals surface area (Å²) in [5.41, 5.74) is 0.629. The highest BCUT2D eigenvalue weighted by atomic mass is 32.2. The summed E-state index contributed by atoms with van der Waals surface area (Å²) in [6, 6.07) is 7.13. The average molecular weight is 338 g/mol. The minimum Gasteiger partial charge on any atom is -0.494 e. The number of rotatable bonds is 7. The molecular formula is C16H22N2O4S. The van der Waals surface area contributed by atoms with E-state index in [9.17, 15) is 8.42 Å². The van der Waals surface area contributed by atoms with E-state index in [1.807, 2.05) is 26.8 Å². The van der Waals surface area contributed by atoms with Crippen LogP contribution in [0.3, 0.4) is 0 Å². The van der Waals surface area contributed by atoms with Gasteiger partial charge in [0.2, 0.25) is 5.89 Å². The predicted molar refractivity (Wildman–Crippen MR) is 87.0 cm³/mol. The van der Waals surface area contributed by atoms with Gasteiger partial charge in [0.1, 0.15) is 11.0 Å². The van der Waals surface area contributed by atoms with E-state index in [1.54, 1.807) is 25.1 Å². The summed E-state index contributed by atoms with van der Waals surface area (Å²) < 4.78 is 35.9. The van der Waals surface area contributed by atoms with E-state index >= 15 is 0 Å². The van der Waals surface area contributed by atoms with Gasteiger partial charge in [-0.15, -0.1) is 0 Å². The molecule has 6 nitrogen and oxygen atoms in total. The maximum Gasteiger partial charge on any atom is 0.244 e. The SMILES string of the molecule is CCOc1ccccc1CS(=O)(=O)[C@@H](C)c1nc(C(C)C)no1. The number of aromatic nitrogens is 2. The zero-order chi connectivity index (χ0) is 17.0. The lowest BCUT2D eigenvalue weighted by Crippen LogP contribution is -2.14. The van der Waals surface area contributed by atoms with Crippen molar-refractivity contribution in [2.24, 2.45) is 0 Å². The lowest BCUT2D eigenvalue weighted by atomic mass is 10.2. The van der Waals surface area contributed by atoms with Crippen LogP contribution in [0.25, 0.3) is 0 Å². The minimum atomic E-state index is -3.50. The van der Waals surface area contributed by atoms with Crippen LogP contribution in [-0.4, -0.2) is 25.2 Å². The number of hydrogen-bond acceptors (Lipinski definition) is 6. The lowest BCUT2D eigenvalue weighted by molar-refractivity contribution is 0.337. The largest absolute Gasteiger partial charge is 0.494 e. The molecule has 0 saturated heterocycles. The van der Waals surface area contributed by atoms with Crippen molar-refractivity contribution in [2.45, 2.75) is 44.6 Å². The molecule has 0 amide bonds. The third-order valence-corrected chi connectivity index (χ3v) is 5.48. The van der Waals surface area contributed by atoms with Gasteiger partial charge in [0.25, 0.3) is 0 Å². The molecule has 1 aromatic heterocycles. The van der Waals surface area contributed by atoms with Crippen molar-refractivity contribution < 1.29 is 17.7 Å². The van der Waals surface area contributed by atoms with Gasteiger partial charge in [-0.25, -0.2) is 8.42 Å². The summed E-state index contributed by atoms with van der Waals surface area (Å²) in [5.74, 6) is 1.17. The second-order valence-corrected chi connectivity index (χ2v) is 7.96. The number of ether oxygens (including phenoxy) is 1. The van der Waals surface area contributed by atoms with Gasteiger partial charge in [-0.1, -0.05) is 37.2 Å². The first-order valence-electron chi connectivity index (χ1n) is 7.61. The first kappa shape index (κ1) is 17.5. The molecule has 0 aliphatic heterocycles. The van der Waals surface area contributed by atoms with Gasteiger partial charge >= 0.3 is 0 Å². The van der Waals surface area contributed by atoms with E-state index in [1.165, 1.54) is 0 Å². The highest BCUT2D eigenvalue weighted by Crippen LogP contribution is 2.28. The molecule has 1 atom stereocenters. The zero-order valence-corrected chi connectivity index (χ0v) is 14.6. The summed E-state index contributed by atoms with van der Waals surface area (Å²) in [6.45, 7) is 7.75. The van der Waals surface area contributed by atoms with Crippen molar-refractivity contribution in [3.63, 3.8) is 0 Å². The Labute approximate surface area is 136 Å². The van der Waals surface area contributed by atoms with Crippen LogP contribution >= 0.6 is 0 Å².